The van der Waals surface area contributed by atoms with Gasteiger partial charge in [-0.05, 0) is 48.8 Å². The highest BCUT2D eigenvalue weighted by atomic mass is 19.4. The van der Waals surface area contributed by atoms with Crippen LogP contribution >= 0.6 is 0 Å². The summed E-state index contributed by atoms with van der Waals surface area (Å²) >= 11 is 0. The number of aryl methyl sites for hydroxylation is 2. The summed E-state index contributed by atoms with van der Waals surface area (Å²) in [6.45, 7) is 7.96. The zero-order valence-corrected chi connectivity index (χ0v) is 22.3. The van der Waals surface area contributed by atoms with Gasteiger partial charge in [-0.25, -0.2) is 9.69 Å². The molecule has 1 aliphatic heterocycles. The Morgan fingerprint density at radius 1 is 1.08 bits per heavy atom. The van der Waals surface area contributed by atoms with E-state index in [0.717, 1.165) is 30.0 Å². The molecule has 1 fully saturated rings. The van der Waals surface area contributed by atoms with Gasteiger partial charge in [-0.15, -0.1) is 0 Å². The normalized spacial score (nSPS) is 20.1. The molecule has 0 aromatic heterocycles. The summed E-state index contributed by atoms with van der Waals surface area (Å²) in [7, 11) is 0. The molecule has 0 bridgehead atoms. The number of ether oxygens (including phenoxy) is 1. The Morgan fingerprint density at radius 3 is 2.32 bits per heavy atom. The van der Waals surface area contributed by atoms with E-state index < -0.39 is 42.3 Å². The van der Waals surface area contributed by atoms with Crippen LogP contribution in [0.3, 0.4) is 0 Å². The second-order valence-corrected chi connectivity index (χ2v) is 11.5. The van der Waals surface area contributed by atoms with E-state index in [1.165, 1.54) is 0 Å². The van der Waals surface area contributed by atoms with Gasteiger partial charge in [-0.2, -0.15) is 13.2 Å². The molecule has 0 N–H and O–H groups in total. The molecule has 1 saturated heterocycles. The van der Waals surface area contributed by atoms with Gasteiger partial charge in [-0.1, -0.05) is 68.8 Å². The molecule has 2 aliphatic rings. The summed E-state index contributed by atoms with van der Waals surface area (Å²) in [5.41, 5.74) is 2.51. The van der Waals surface area contributed by atoms with Gasteiger partial charge in [0, 0.05) is 18.5 Å². The molecule has 1 heterocycles. The SMILES string of the molecule is Cc1ccc(CN(C(=O)CN2C(=O)O[C@@]3(CCc4cc(CC(C)(C)C)ccc43)C2=O)[C@@H](C)C(F)(F)F)cc1. The molecule has 2 aromatic carbocycles. The van der Waals surface area contributed by atoms with Gasteiger partial charge in [0.15, 0.2) is 0 Å². The number of rotatable bonds is 6. The molecule has 0 unspecified atom stereocenters. The fourth-order valence-electron chi connectivity index (χ4n) is 5.16. The maximum Gasteiger partial charge on any atom is 0.418 e. The highest BCUT2D eigenvalue weighted by molar-refractivity contribution is 6.06. The van der Waals surface area contributed by atoms with Crippen LogP contribution in [0.15, 0.2) is 42.5 Å². The second kappa shape index (κ2) is 9.75. The molecular formula is C29H33F3N2O4. The number of amides is 3. The van der Waals surface area contributed by atoms with Crippen molar-refractivity contribution in [1.82, 2.24) is 9.80 Å². The zero-order valence-electron chi connectivity index (χ0n) is 22.3. The summed E-state index contributed by atoms with van der Waals surface area (Å²) in [5.74, 6) is -1.70. The first-order chi connectivity index (χ1) is 17.6. The quantitative estimate of drug-likeness (QED) is 0.482. The highest BCUT2D eigenvalue weighted by Crippen LogP contribution is 2.46. The Balaban J connectivity index is 1.57. The minimum atomic E-state index is -4.69. The molecule has 9 heteroatoms. The summed E-state index contributed by atoms with van der Waals surface area (Å²) in [5, 5.41) is 0. The van der Waals surface area contributed by atoms with Crippen molar-refractivity contribution < 1.29 is 32.3 Å². The first-order valence-electron chi connectivity index (χ1n) is 12.7. The second-order valence-electron chi connectivity index (χ2n) is 11.5. The first kappa shape index (κ1) is 27.7. The van der Waals surface area contributed by atoms with Crippen LogP contribution in [0.5, 0.6) is 0 Å². The fourth-order valence-corrected chi connectivity index (χ4v) is 5.16. The Kier molecular flexibility index (Phi) is 7.10. The minimum absolute atomic E-state index is 0.0648. The lowest BCUT2D eigenvalue weighted by Crippen LogP contribution is -2.51. The van der Waals surface area contributed by atoms with E-state index in [2.05, 4.69) is 20.8 Å². The Hall–Kier alpha value is -3.36. The third kappa shape index (κ3) is 5.42. The summed E-state index contributed by atoms with van der Waals surface area (Å²) in [6.07, 6.45) is -4.14. The van der Waals surface area contributed by atoms with E-state index in [-0.39, 0.29) is 18.4 Å². The lowest BCUT2D eigenvalue weighted by Gasteiger charge is -2.31. The predicted octanol–water partition coefficient (Wildman–Crippen LogP) is 5.68. The van der Waals surface area contributed by atoms with E-state index in [0.29, 0.717) is 27.3 Å². The summed E-state index contributed by atoms with van der Waals surface area (Å²) < 4.78 is 46.6. The summed E-state index contributed by atoms with van der Waals surface area (Å²) in [4.78, 5) is 40.8. The molecule has 204 valence electrons. The third-order valence-corrected chi connectivity index (χ3v) is 7.19. The van der Waals surface area contributed by atoms with Crippen LogP contribution in [0.2, 0.25) is 0 Å². The van der Waals surface area contributed by atoms with E-state index in [1.54, 1.807) is 30.3 Å². The number of imide groups is 1. The Bertz CT molecular complexity index is 1250. The molecule has 38 heavy (non-hydrogen) atoms. The maximum absolute atomic E-state index is 13.7. The Morgan fingerprint density at radius 2 is 1.71 bits per heavy atom. The number of fused-ring (bicyclic) bond motifs is 2. The largest absolute Gasteiger partial charge is 0.427 e. The minimum Gasteiger partial charge on any atom is -0.427 e. The van der Waals surface area contributed by atoms with Gasteiger partial charge in [-0.3, -0.25) is 9.59 Å². The van der Waals surface area contributed by atoms with Crippen molar-refractivity contribution in [2.75, 3.05) is 6.54 Å². The van der Waals surface area contributed by atoms with Gasteiger partial charge >= 0.3 is 12.3 Å². The number of halogens is 3. The lowest BCUT2D eigenvalue weighted by atomic mass is 9.86. The van der Waals surface area contributed by atoms with E-state index in [9.17, 15) is 27.6 Å². The average Bonchev–Trinajstić information content (AvgIpc) is 3.28. The van der Waals surface area contributed by atoms with Crippen molar-refractivity contribution >= 4 is 17.9 Å². The number of nitrogens with zero attached hydrogens (tertiary/aromatic N) is 2. The number of carbonyl (C=O) groups is 3. The summed E-state index contributed by atoms with van der Waals surface area (Å²) in [6, 6.07) is 10.4. The topological polar surface area (TPSA) is 66.9 Å². The molecule has 2 atom stereocenters. The molecule has 0 saturated carbocycles. The molecule has 6 nitrogen and oxygen atoms in total. The standard InChI is InChI=1S/C29H33F3N2O4/c1-18-6-8-20(9-7-18)16-33(19(2)29(30,31)32)24(35)17-34-25(36)28(38-26(34)37)13-12-22-14-21(10-11-23(22)28)15-27(3,4)5/h6-11,14,19H,12-13,15-17H2,1-5H3/t19-,28+/m0/s1. The van der Waals surface area contributed by atoms with Crippen LogP contribution in [0.25, 0.3) is 0 Å². The van der Waals surface area contributed by atoms with Crippen LogP contribution < -0.4 is 0 Å². The third-order valence-electron chi connectivity index (χ3n) is 7.19. The Labute approximate surface area is 220 Å². The van der Waals surface area contributed by atoms with Gasteiger partial charge in [0.2, 0.25) is 11.5 Å². The number of carbonyl (C=O) groups excluding carboxylic acids is 3. The lowest BCUT2D eigenvalue weighted by molar-refractivity contribution is -0.187. The molecule has 4 rings (SSSR count). The monoisotopic (exact) mass is 530 g/mol. The molecule has 1 aliphatic carbocycles. The molecule has 2 aromatic rings. The van der Waals surface area contributed by atoms with Crippen molar-refractivity contribution in [2.24, 2.45) is 5.41 Å². The number of hydrogen-bond acceptors (Lipinski definition) is 4. The van der Waals surface area contributed by atoms with Crippen molar-refractivity contribution in [3.63, 3.8) is 0 Å². The average molecular weight is 531 g/mol. The van der Waals surface area contributed by atoms with E-state index in [1.807, 2.05) is 19.1 Å². The fraction of sp³-hybridized carbons (Fsp3) is 0.483. The number of alkyl halides is 3. The highest BCUT2D eigenvalue weighted by Gasteiger charge is 2.58. The van der Waals surface area contributed by atoms with E-state index >= 15 is 0 Å². The van der Waals surface area contributed by atoms with Crippen LogP contribution in [-0.4, -0.2) is 46.5 Å². The van der Waals surface area contributed by atoms with Crippen LogP contribution in [0, 0.1) is 12.3 Å². The van der Waals surface area contributed by atoms with Crippen molar-refractivity contribution in [2.45, 2.75) is 78.2 Å². The molecule has 3 amide bonds. The van der Waals surface area contributed by atoms with Crippen LogP contribution in [0.1, 0.15) is 61.9 Å². The molecule has 0 radical (unpaired) electrons. The van der Waals surface area contributed by atoms with Crippen molar-refractivity contribution in [3.8, 4) is 0 Å². The zero-order chi connectivity index (χ0) is 28.0. The molecular weight excluding hydrogens is 497 g/mol. The maximum atomic E-state index is 13.7. The number of benzene rings is 2. The first-order valence-corrected chi connectivity index (χ1v) is 12.7. The molecule has 1 spiro atoms. The van der Waals surface area contributed by atoms with Crippen molar-refractivity contribution in [1.29, 1.82) is 0 Å². The predicted molar refractivity (Wildman–Crippen MR) is 135 cm³/mol. The van der Waals surface area contributed by atoms with Crippen molar-refractivity contribution in [3.05, 3.63) is 70.3 Å². The smallest absolute Gasteiger partial charge is 0.418 e. The van der Waals surface area contributed by atoms with E-state index in [4.69, 9.17) is 4.74 Å². The number of hydrogen-bond donors (Lipinski definition) is 0. The van der Waals surface area contributed by atoms with Gasteiger partial charge < -0.3 is 9.64 Å². The van der Waals surface area contributed by atoms with Crippen LogP contribution in [0.4, 0.5) is 18.0 Å². The van der Waals surface area contributed by atoms with Gasteiger partial charge in [0.1, 0.15) is 12.6 Å². The van der Waals surface area contributed by atoms with Crippen LogP contribution in [-0.2, 0) is 39.3 Å². The van der Waals surface area contributed by atoms with Gasteiger partial charge in [0.05, 0.1) is 0 Å². The van der Waals surface area contributed by atoms with Gasteiger partial charge in [0.25, 0.3) is 5.91 Å².